The summed E-state index contributed by atoms with van der Waals surface area (Å²) in [4.78, 5) is 11.8. The summed E-state index contributed by atoms with van der Waals surface area (Å²) in [5.74, 6) is 5.83. The largest absolute Gasteiger partial charge is 0.469 e. The van der Waals surface area contributed by atoms with E-state index < -0.39 is 5.79 Å². The molecule has 4 heteroatoms. The SMILES string of the molecule is COC(=O)CC[C@@H](C)[C@H]1CC[C@H]2[C@@H]3CC[C@@H]4CC5(CC[C@]4(C)[C@H]3CC[C@]12C)Oc1cc2ccccc2cc1O5. The van der Waals surface area contributed by atoms with E-state index in [4.69, 9.17) is 14.2 Å². The van der Waals surface area contributed by atoms with E-state index in [0.29, 0.717) is 29.1 Å². The van der Waals surface area contributed by atoms with Crippen molar-refractivity contribution in [1.29, 1.82) is 0 Å². The van der Waals surface area contributed by atoms with Crippen molar-refractivity contribution in [3.05, 3.63) is 36.4 Å². The summed E-state index contributed by atoms with van der Waals surface area (Å²) in [6.07, 6.45) is 12.8. The highest BCUT2D eigenvalue weighted by Crippen LogP contribution is 2.69. The standard InChI is InChI=1S/C35H46O4/c1-22(9-14-32(36)37-4)27-12-13-28-26-11-10-25-21-35(18-17-33(25,2)29(26)15-16-34(27,28)3)38-30-19-23-7-5-6-8-24(23)20-31(30)39-35/h5-8,19-20,22,25-29H,9-18,21H2,1-4H3/t22-,25-,26+,27-,28+,29+,33+,34-/m1/s1. The van der Waals surface area contributed by atoms with Crippen LogP contribution in [0.25, 0.3) is 10.8 Å². The maximum atomic E-state index is 11.8. The summed E-state index contributed by atoms with van der Waals surface area (Å²) in [6.45, 7) is 7.65. The molecule has 0 saturated heterocycles. The van der Waals surface area contributed by atoms with Crippen molar-refractivity contribution in [3.63, 3.8) is 0 Å². The van der Waals surface area contributed by atoms with Crippen LogP contribution in [0.3, 0.4) is 0 Å². The quantitative estimate of drug-likeness (QED) is 0.372. The van der Waals surface area contributed by atoms with E-state index in [9.17, 15) is 4.79 Å². The first-order valence-corrected chi connectivity index (χ1v) is 15.7. The maximum absolute atomic E-state index is 11.8. The van der Waals surface area contributed by atoms with Gasteiger partial charge in [-0.2, -0.15) is 0 Å². The molecule has 1 heterocycles. The lowest BCUT2D eigenvalue weighted by Gasteiger charge is -2.62. The monoisotopic (exact) mass is 530 g/mol. The number of hydrogen-bond acceptors (Lipinski definition) is 4. The van der Waals surface area contributed by atoms with Gasteiger partial charge < -0.3 is 14.2 Å². The molecule has 4 nitrogen and oxygen atoms in total. The van der Waals surface area contributed by atoms with Crippen molar-refractivity contribution in [3.8, 4) is 11.5 Å². The fourth-order valence-corrected chi connectivity index (χ4v) is 10.8. The van der Waals surface area contributed by atoms with Crippen LogP contribution in [0.1, 0.15) is 91.4 Å². The third kappa shape index (κ3) is 3.94. The number of carbonyl (C=O) groups is 1. The van der Waals surface area contributed by atoms with Crippen LogP contribution in [0.5, 0.6) is 11.5 Å². The summed E-state index contributed by atoms with van der Waals surface area (Å²) in [5, 5.41) is 2.44. The molecule has 0 radical (unpaired) electrons. The Morgan fingerprint density at radius 2 is 1.62 bits per heavy atom. The van der Waals surface area contributed by atoms with Crippen LogP contribution in [0, 0.1) is 46.3 Å². The molecule has 0 amide bonds. The number of fused-ring (bicyclic) bond motifs is 7. The number of hydrogen-bond donors (Lipinski definition) is 0. The molecule has 39 heavy (non-hydrogen) atoms. The minimum atomic E-state index is -0.479. The first-order chi connectivity index (χ1) is 18.7. The van der Waals surface area contributed by atoms with Gasteiger partial charge in [0.05, 0.1) is 7.11 Å². The molecule has 2 aromatic rings. The highest BCUT2D eigenvalue weighted by molar-refractivity contribution is 5.86. The summed E-state index contributed by atoms with van der Waals surface area (Å²) >= 11 is 0. The fourth-order valence-electron chi connectivity index (χ4n) is 10.8. The molecule has 1 aliphatic heterocycles. The molecule has 4 fully saturated rings. The van der Waals surface area contributed by atoms with Gasteiger partial charge in [0.25, 0.3) is 5.79 Å². The molecule has 4 aliphatic carbocycles. The normalized spacial score (nSPS) is 38.6. The van der Waals surface area contributed by atoms with Crippen LogP contribution in [0.2, 0.25) is 0 Å². The molecule has 0 bridgehead atoms. The molecule has 0 N–H and O–H groups in total. The molecule has 4 saturated carbocycles. The van der Waals surface area contributed by atoms with Gasteiger partial charge in [-0.25, -0.2) is 0 Å². The van der Waals surface area contributed by atoms with E-state index in [1.54, 1.807) is 0 Å². The third-order valence-corrected chi connectivity index (χ3v) is 12.9. The van der Waals surface area contributed by atoms with Crippen molar-refractivity contribution in [2.75, 3.05) is 7.11 Å². The second-order valence-electron chi connectivity index (χ2n) is 14.4. The second kappa shape index (κ2) is 9.14. The van der Waals surface area contributed by atoms with Gasteiger partial charge in [-0.3, -0.25) is 4.79 Å². The van der Waals surface area contributed by atoms with Crippen LogP contribution >= 0.6 is 0 Å². The number of ether oxygens (including phenoxy) is 3. The van der Waals surface area contributed by atoms with Crippen molar-refractivity contribution >= 4 is 16.7 Å². The Labute approximate surface area is 234 Å². The Balaban J connectivity index is 1.07. The molecule has 0 unspecified atom stereocenters. The summed E-state index contributed by atoms with van der Waals surface area (Å²) in [5.41, 5.74) is 0.813. The molecule has 210 valence electrons. The lowest BCUT2D eigenvalue weighted by Crippen LogP contribution is -2.57. The van der Waals surface area contributed by atoms with E-state index in [1.807, 2.05) is 0 Å². The number of rotatable bonds is 4. The van der Waals surface area contributed by atoms with E-state index >= 15 is 0 Å². The zero-order valence-electron chi connectivity index (χ0n) is 24.3. The van der Waals surface area contributed by atoms with Crippen LogP contribution in [-0.2, 0) is 9.53 Å². The number of esters is 1. The van der Waals surface area contributed by atoms with Gasteiger partial charge >= 0.3 is 5.97 Å². The van der Waals surface area contributed by atoms with Gasteiger partial charge in [0.1, 0.15) is 0 Å². The lowest BCUT2D eigenvalue weighted by molar-refractivity contribution is -0.190. The van der Waals surface area contributed by atoms with Crippen molar-refractivity contribution in [2.24, 2.45) is 46.3 Å². The van der Waals surface area contributed by atoms with Crippen molar-refractivity contribution < 1.29 is 19.0 Å². The highest BCUT2D eigenvalue weighted by Gasteiger charge is 2.63. The van der Waals surface area contributed by atoms with Gasteiger partial charge in [0.15, 0.2) is 11.5 Å². The van der Waals surface area contributed by atoms with Gasteiger partial charge in [-0.05, 0) is 121 Å². The molecule has 7 rings (SSSR count). The summed E-state index contributed by atoms with van der Waals surface area (Å²) in [7, 11) is 1.51. The first-order valence-electron chi connectivity index (χ1n) is 15.7. The maximum Gasteiger partial charge on any atom is 0.305 e. The molecule has 5 aliphatic rings. The van der Waals surface area contributed by atoms with Gasteiger partial charge in [0.2, 0.25) is 0 Å². The van der Waals surface area contributed by atoms with Crippen LogP contribution in [0.15, 0.2) is 36.4 Å². The zero-order chi connectivity index (χ0) is 27.0. The smallest absolute Gasteiger partial charge is 0.305 e. The molecule has 0 aromatic heterocycles. The summed E-state index contributed by atoms with van der Waals surface area (Å²) in [6, 6.07) is 12.9. The highest BCUT2D eigenvalue weighted by atomic mass is 16.7. The Hall–Kier alpha value is -2.23. The van der Waals surface area contributed by atoms with Gasteiger partial charge in [-0.1, -0.05) is 45.0 Å². The second-order valence-corrected chi connectivity index (χ2v) is 14.4. The Bertz CT molecular complexity index is 1220. The van der Waals surface area contributed by atoms with Crippen molar-refractivity contribution in [1.82, 2.24) is 0 Å². The van der Waals surface area contributed by atoms with Gasteiger partial charge in [-0.15, -0.1) is 0 Å². The van der Waals surface area contributed by atoms with E-state index in [-0.39, 0.29) is 5.97 Å². The molecular formula is C35H46O4. The molecule has 8 atom stereocenters. The molecular weight excluding hydrogens is 484 g/mol. The predicted molar refractivity (Wildman–Crippen MR) is 154 cm³/mol. The minimum Gasteiger partial charge on any atom is -0.469 e. The third-order valence-electron chi connectivity index (χ3n) is 12.9. The summed E-state index contributed by atoms with van der Waals surface area (Å²) < 4.78 is 18.3. The van der Waals surface area contributed by atoms with Gasteiger partial charge in [0, 0.05) is 19.3 Å². The Morgan fingerprint density at radius 1 is 0.923 bits per heavy atom. The van der Waals surface area contributed by atoms with E-state index in [1.165, 1.54) is 62.8 Å². The number of benzene rings is 2. The predicted octanol–water partition coefficient (Wildman–Crippen LogP) is 8.56. The number of methoxy groups -OCH3 is 1. The van der Waals surface area contributed by atoms with E-state index in [0.717, 1.165) is 54.4 Å². The zero-order valence-corrected chi connectivity index (χ0v) is 24.3. The van der Waals surface area contributed by atoms with Crippen LogP contribution in [-0.4, -0.2) is 18.9 Å². The molecule has 1 spiro atoms. The Morgan fingerprint density at radius 3 is 2.31 bits per heavy atom. The molecule has 2 aromatic carbocycles. The lowest BCUT2D eigenvalue weighted by atomic mass is 9.44. The number of carbonyl (C=O) groups excluding carboxylic acids is 1. The fraction of sp³-hybridized carbons (Fsp3) is 0.686. The van der Waals surface area contributed by atoms with Crippen LogP contribution in [0.4, 0.5) is 0 Å². The minimum absolute atomic E-state index is 0.0573. The average Bonchev–Trinajstić information content (AvgIpc) is 3.47. The van der Waals surface area contributed by atoms with Crippen molar-refractivity contribution in [2.45, 2.75) is 97.2 Å². The van der Waals surface area contributed by atoms with Crippen LogP contribution < -0.4 is 9.47 Å². The Kier molecular flexibility index (Phi) is 6.03. The van der Waals surface area contributed by atoms with E-state index in [2.05, 4.69) is 57.2 Å². The first kappa shape index (κ1) is 25.7. The average molecular weight is 531 g/mol. The topological polar surface area (TPSA) is 44.8 Å².